The van der Waals surface area contributed by atoms with Crippen molar-refractivity contribution in [2.75, 3.05) is 11.5 Å². The predicted octanol–water partition coefficient (Wildman–Crippen LogP) is 15.5. The van der Waals surface area contributed by atoms with E-state index in [2.05, 4.69) is 86.6 Å². The van der Waals surface area contributed by atoms with Crippen LogP contribution in [0.15, 0.2) is 97.1 Å². The van der Waals surface area contributed by atoms with E-state index < -0.39 is 0 Å². The molecule has 4 N–H and O–H groups in total. The molecule has 0 aliphatic rings. The van der Waals surface area contributed by atoms with Gasteiger partial charge < -0.3 is 11.5 Å². The molecule has 294 valence electrons. The Labute approximate surface area is 332 Å². The molecule has 54 heavy (non-hydrogen) atoms. The van der Waals surface area contributed by atoms with E-state index in [4.69, 9.17) is 11.5 Å². The van der Waals surface area contributed by atoms with Crippen LogP contribution in [0.2, 0.25) is 0 Å². The van der Waals surface area contributed by atoms with Crippen LogP contribution >= 0.6 is 0 Å². The summed E-state index contributed by atoms with van der Waals surface area (Å²) < 4.78 is 0. The second-order valence-corrected chi connectivity index (χ2v) is 16.4. The van der Waals surface area contributed by atoms with Gasteiger partial charge in [-0.2, -0.15) is 0 Å². The zero-order valence-corrected chi connectivity index (χ0v) is 34.5. The van der Waals surface area contributed by atoms with E-state index in [0.29, 0.717) is 11.8 Å². The normalized spacial score (nSPS) is 12.6. The Kier molecular flexibility index (Phi) is 21.1. The van der Waals surface area contributed by atoms with E-state index in [1.807, 2.05) is 24.3 Å². The molecule has 2 unspecified atom stereocenters. The summed E-state index contributed by atoms with van der Waals surface area (Å²) in [6.07, 6.45) is 32.5. The first kappa shape index (κ1) is 43.2. The highest BCUT2D eigenvalue weighted by Gasteiger charge is 2.14. The van der Waals surface area contributed by atoms with Crippen LogP contribution in [-0.4, -0.2) is 0 Å². The van der Waals surface area contributed by atoms with E-state index in [-0.39, 0.29) is 0 Å². The molecule has 0 fully saturated rings. The highest BCUT2D eigenvalue weighted by atomic mass is 14.5. The van der Waals surface area contributed by atoms with E-state index in [0.717, 1.165) is 11.4 Å². The van der Waals surface area contributed by atoms with Gasteiger partial charge in [-0.05, 0) is 96.2 Å². The highest BCUT2D eigenvalue weighted by molar-refractivity contribution is 5.44. The topological polar surface area (TPSA) is 52.0 Å². The smallest absolute Gasteiger partial charge is 0.0314 e. The van der Waals surface area contributed by atoms with Crippen LogP contribution in [0.5, 0.6) is 0 Å². The van der Waals surface area contributed by atoms with Crippen molar-refractivity contribution < 1.29 is 0 Å². The SMILES string of the molecule is CCCC(c1ccc(N)cc1)c1ccc(CCCCCCCCCCCCCCCCCCCCc2ccc(C(CCC)c3ccc(N)cc3)cc2)cc1. The predicted molar refractivity (Wildman–Crippen MR) is 239 cm³/mol. The van der Waals surface area contributed by atoms with Crippen LogP contribution in [-0.2, 0) is 12.8 Å². The highest BCUT2D eigenvalue weighted by Crippen LogP contribution is 2.32. The average molecular weight is 729 g/mol. The largest absolute Gasteiger partial charge is 0.399 e. The summed E-state index contributed by atoms with van der Waals surface area (Å²) in [5, 5.41) is 0. The minimum Gasteiger partial charge on any atom is -0.399 e. The van der Waals surface area contributed by atoms with Gasteiger partial charge in [0.2, 0.25) is 0 Å². The molecule has 2 atom stereocenters. The molecule has 2 nitrogen and oxygen atoms in total. The van der Waals surface area contributed by atoms with Crippen LogP contribution in [0.3, 0.4) is 0 Å². The maximum Gasteiger partial charge on any atom is 0.0314 e. The monoisotopic (exact) mass is 729 g/mol. The standard InChI is InChI=1S/C52H76N2/c1-3-23-51(47-35-39-49(53)40-36-47)45-31-27-43(28-32-45)25-21-19-17-15-13-11-9-7-5-6-8-10-12-14-16-18-20-22-26-44-29-33-46(34-30-44)52(24-4-2)48-37-41-50(54)42-38-48/h27-42,51-52H,3-26,53-54H2,1-2H3. The summed E-state index contributed by atoms with van der Waals surface area (Å²) in [5.74, 6) is 0.933. The molecule has 4 rings (SSSR count). The van der Waals surface area contributed by atoms with E-state index in [9.17, 15) is 0 Å². The lowest BCUT2D eigenvalue weighted by Crippen LogP contribution is -2.01. The number of hydrogen-bond acceptors (Lipinski definition) is 2. The second-order valence-electron chi connectivity index (χ2n) is 16.4. The Balaban J connectivity index is 0.905. The zero-order chi connectivity index (χ0) is 38.1. The summed E-state index contributed by atoms with van der Waals surface area (Å²) in [6, 6.07) is 35.9. The summed E-state index contributed by atoms with van der Waals surface area (Å²) in [5.41, 5.74) is 22.1. The molecule has 0 heterocycles. The molecule has 0 bridgehead atoms. The number of rotatable bonds is 29. The minimum absolute atomic E-state index is 0.467. The molecule has 0 aliphatic carbocycles. The molecule has 0 aromatic heterocycles. The van der Waals surface area contributed by atoms with Gasteiger partial charge in [0.1, 0.15) is 0 Å². The quantitative estimate of drug-likeness (QED) is 0.0432. The minimum atomic E-state index is 0.467. The van der Waals surface area contributed by atoms with Crippen LogP contribution in [0, 0.1) is 0 Å². The average Bonchev–Trinajstić information content (AvgIpc) is 3.20. The lowest BCUT2D eigenvalue weighted by Gasteiger charge is -2.18. The van der Waals surface area contributed by atoms with Crippen LogP contribution in [0.4, 0.5) is 11.4 Å². The van der Waals surface area contributed by atoms with Gasteiger partial charge in [0.05, 0.1) is 0 Å². The second kappa shape index (κ2) is 26.3. The Morgan fingerprint density at radius 3 is 0.778 bits per heavy atom. The van der Waals surface area contributed by atoms with Gasteiger partial charge in [-0.1, -0.05) is 202 Å². The van der Waals surface area contributed by atoms with Gasteiger partial charge in [-0.15, -0.1) is 0 Å². The van der Waals surface area contributed by atoms with E-state index in [1.165, 1.54) is 187 Å². The van der Waals surface area contributed by atoms with Crippen LogP contribution < -0.4 is 11.5 Å². The molecule has 0 aliphatic heterocycles. The van der Waals surface area contributed by atoms with Crippen molar-refractivity contribution in [2.24, 2.45) is 0 Å². The number of hydrogen-bond donors (Lipinski definition) is 2. The number of benzene rings is 4. The third kappa shape index (κ3) is 16.5. The van der Waals surface area contributed by atoms with Crippen molar-refractivity contribution in [1.82, 2.24) is 0 Å². The molecule has 0 saturated carbocycles. The Morgan fingerprint density at radius 1 is 0.315 bits per heavy atom. The summed E-state index contributed by atoms with van der Waals surface area (Å²) in [6.45, 7) is 4.55. The Hall–Kier alpha value is -3.52. The van der Waals surface area contributed by atoms with Crippen molar-refractivity contribution in [1.29, 1.82) is 0 Å². The fourth-order valence-corrected chi connectivity index (χ4v) is 8.41. The van der Waals surface area contributed by atoms with Crippen molar-refractivity contribution in [3.63, 3.8) is 0 Å². The lowest BCUT2D eigenvalue weighted by atomic mass is 9.87. The third-order valence-corrected chi connectivity index (χ3v) is 11.8. The van der Waals surface area contributed by atoms with Crippen molar-refractivity contribution in [2.45, 2.75) is 180 Å². The van der Waals surface area contributed by atoms with Crippen LogP contribution in [0.1, 0.15) is 200 Å². The number of nitrogens with two attached hydrogens (primary N) is 2. The van der Waals surface area contributed by atoms with Gasteiger partial charge in [-0.3, -0.25) is 0 Å². The third-order valence-electron chi connectivity index (χ3n) is 11.8. The van der Waals surface area contributed by atoms with Crippen molar-refractivity contribution in [3.05, 3.63) is 130 Å². The fourth-order valence-electron chi connectivity index (χ4n) is 8.41. The molecule has 0 radical (unpaired) electrons. The summed E-state index contributed by atoms with van der Waals surface area (Å²) >= 11 is 0. The first-order valence-corrected chi connectivity index (χ1v) is 22.5. The van der Waals surface area contributed by atoms with Gasteiger partial charge in [0.15, 0.2) is 0 Å². The van der Waals surface area contributed by atoms with E-state index in [1.54, 1.807) is 0 Å². The van der Waals surface area contributed by atoms with Gasteiger partial charge in [-0.25, -0.2) is 0 Å². The molecule has 2 heteroatoms. The summed E-state index contributed by atoms with van der Waals surface area (Å²) in [7, 11) is 0. The molecular formula is C52H76N2. The Morgan fingerprint density at radius 2 is 0.537 bits per heavy atom. The van der Waals surface area contributed by atoms with E-state index >= 15 is 0 Å². The maximum atomic E-state index is 5.93. The van der Waals surface area contributed by atoms with Crippen LogP contribution in [0.25, 0.3) is 0 Å². The van der Waals surface area contributed by atoms with Gasteiger partial charge in [0.25, 0.3) is 0 Å². The van der Waals surface area contributed by atoms with Gasteiger partial charge >= 0.3 is 0 Å². The zero-order valence-electron chi connectivity index (χ0n) is 34.5. The van der Waals surface area contributed by atoms with Gasteiger partial charge in [0, 0.05) is 23.2 Å². The number of nitrogen functional groups attached to an aromatic ring is 2. The first-order valence-electron chi connectivity index (χ1n) is 22.5. The fraction of sp³-hybridized carbons (Fsp3) is 0.538. The van der Waals surface area contributed by atoms with Crippen molar-refractivity contribution in [3.8, 4) is 0 Å². The molecular weight excluding hydrogens is 653 g/mol. The molecule has 4 aromatic carbocycles. The molecule has 4 aromatic rings. The Bertz CT molecular complexity index is 1370. The number of aryl methyl sites for hydroxylation is 2. The summed E-state index contributed by atoms with van der Waals surface area (Å²) in [4.78, 5) is 0. The molecule has 0 spiro atoms. The molecule has 0 saturated heterocycles. The molecule has 0 amide bonds. The van der Waals surface area contributed by atoms with Crippen molar-refractivity contribution >= 4 is 11.4 Å². The lowest BCUT2D eigenvalue weighted by molar-refractivity contribution is 0.524. The maximum absolute atomic E-state index is 5.93. The number of unbranched alkanes of at least 4 members (excludes halogenated alkanes) is 17. The first-order chi connectivity index (χ1) is 26.6. The number of anilines is 2.